The summed E-state index contributed by atoms with van der Waals surface area (Å²) in [5, 5.41) is 0.981. The Labute approximate surface area is 134 Å². The van der Waals surface area contributed by atoms with Crippen molar-refractivity contribution >= 4 is 16.6 Å². The van der Waals surface area contributed by atoms with Gasteiger partial charge in [-0.15, -0.1) is 0 Å². The van der Waals surface area contributed by atoms with E-state index in [9.17, 15) is 0 Å². The highest BCUT2D eigenvalue weighted by molar-refractivity contribution is 5.88. The van der Waals surface area contributed by atoms with Crippen molar-refractivity contribution in [2.24, 2.45) is 0 Å². The minimum absolute atomic E-state index is 0.364. The molecule has 2 N–H and O–H groups in total. The first-order chi connectivity index (χ1) is 11.2. The van der Waals surface area contributed by atoms with Gasteiger partial charge in [0, 0.05) is 46.6 Å². The Morgan fingerprint density at radius 3 is 2.78 bits per heavy atom. The van der Waals surface area contributed by atoms with Crippen LogP contribution < -0.4 is 10.5 Å². The second-order valence-electron chi connectivity index (χ2n) is 6.03. The number of nitrogens with zero attached hydrogens (tertiary/aromatic N) is 3. The van der Waals surface area contributed by atoms with Crippen LogP contribution in [0.15, 0.2) is 36.5 Å². The second-order valence-corrected chi connectivity index (χ2v) is 6.03. The molecule has 116 valence electrons. The number of ether oxygens (including phenoxy) is 1. The van der Waals surface area contributed by atoms with Crippen LogP contribution in [0.25, 0.3) is 10.9 Å². The van der Waals surface area contributed by atoms with Gasteiger partial charge in [-0.2, -0.15) is 0 Å². The van der Waals surface area contributed by atoms with E-state index in [1.54, 1.807) is 7.11 Å². The Morgan fingerprint density at radius 1 is 1.13 bits per heavy atom. The third kappa shape index (κ3) is 2.48. The van der Waals surface area contributed by atoms with Gasteiger partial charge in [-0.25, -0.2) is 9.97 Å². The summed E-state index contributed by atoms with van der Waals surface area (Å²) in [6, 6.07) is 9.76. The van der Waals surface area contributed by atoms with Gasteiger partial charge < -0.3 is 10.5 Å². The van der Waals surface area contributed by atoms with E-state index in [0.717, 1.165) is 40.3 Å². The van der Waals surface area contributed by atoms with Gasteiger partial charge in [0.2, 0.25) is 0 Å². The molecule has 3 aromatic rings. The van der Waals surface area contributed by atoms with Gasteiger partial charge in [0.25, 0.3) is 0 Å². The zero-order chi connectivity index (χ0) is 16.0. The van der Waals surface area contributed by atoms with E-state index < -0.39 is 0 Å². The van der Waals surface area contributed by atoms with Crippen molar-refractivity contribution in [3.05, 3.63) is 53.7 Å². The number of hydrogen-bond donors (Lipinski definition) is 1. The number of aryl methyl sites for hydroxylation is 1. The average molecular weight is 306 g/mol. The Balaban J connectivity index is 1.68. The molecule has 0 amide bonds. The van der Waals surface area contributed by atoms with Gasteiger partial charge in [-0.1, -0.05) is 0 Å². The highest BCUT2D eigenvalue weighted by Crippen LogP contribution is 2.53. The molecule has 1 fully saturated rings. The van der Waals surface area contributed by atoms with Crippen LogP contribution in [0, 0.1) is 6.92 Å². The number of fused-ring (bicyclic) bond motifs is 1. The maximum absolute atomic E-state index is 5.94. The molecular formula is C18H18N4O. The molecule has 0 bridgehead atoms. The number of methoxy groups -OCH3 is 1. The SMILES string of the molecule is COc1cc(N)cc2nc([C@H]3C[C@@H]3c3nccc(C)n3)ccc12. The molecule has 23 heavy (non-hydrogen) atoms. The maximum Gasteiger partial charge on any atom is 0.132 e. The van der Waals surface area contributed by atoms with Crippen molar-refractivity contribution in [1.82, 2.24) is 15.0 Å². The zero-order valence-corrected chi connectivity index (χ0v) is 13.2. The molecule has 2 heterocycles. The molecule has 1 aliphatic rings. The molecule has 1 saturated carbocycles. The minimum atomic E-state index is 0.364. The van der Waals surface area contributed by atoms with Crippen LogP contribution in [0.3, 0.4) is 0 Å². The normalized spacial score (nSPS) is 19.7. The highest BCUT2D eigenvalue weighted by Gasteiger charge is 2.42. The Hall–Kier alpha value is -2.69. The summed E-state index contributed by atoms with van der Waals surface area (Å²) in [4.78, 5) is 13.7. The molecule has 2 aromatic heterocycles. The van der Waals surface area contributed by atoms with Crippen LogP contribution in [-0.4, -0.2) is 22.1 Å². The quantitative estimate of drug-likeness (QED) is 0.752. The second kappa shape index (κ2) is 5.19. The van der Waals surface area contributed by atoms with Gasteiger partial charge in [-0.05, 0) is 37.6 Å². The Bertz CT molecular complexity index is 893. The van der Waals surface area contributed by atoms with E-state index >= 15 is 0 Å². The topological polar surface area (TPSA) is 73.9 Å². The summed E-state index contributed by atoms with van der Waals surface area (Å²) in [5.41, 5.74) is 9.54. The zero-order valence-electron chi connectivity index (χ0n) is 13.2. The minimum Gasteiger partial charge on any atom is -0.496 e. The first-order valence-electron chi connectivity index (χ1n) is 7.69. The standard InChI is InChI=1S/C18H18N4O/c1-10-5-6-20-18(21-10)14-9-13(14)15-4-3-12-16(22-15)7-11(19)8-17(12)23-2/h3-8,13-14H,9,19H2,1-2H3/t13-,14-/m0/s1. The summed E-state index contributed by atoms with van der Waals surface area (Å²) < 4.78 is 5.39. The Kier molecular flexibility index (Phi) is 3.15. The fourth-order valence-electron chi connectivity index (χ4n) is 3.07. The molecule has 1 aromatic carbocycles. The largest absolute Gasteiger partial charge is 0.496 e. The van der Waals surface area contributed by atoms with Crippen molar-refractivity contribution in [3.63, 3.8) is 0 Å². The molecule has 5 nitrogen and oxygen atoms in total. The van der Waals surface area contributed by atoms with Crippen LogP contribution >= 0.6 is 0 Å². The first kappa shape index (κ1) is 13.9. The smallest absolute Gasteiger partial charge is 0.132 e. The van der Waals surface area contributed by atoms with E-state index in [1.165, 1.54) is 0 Å². The number of hydrogen-bond acceptors (Lipinski definition) is 5. The monoisotopic (exact) mass is 306 g/mol. The van der Waals surface area contributed by atoms with E-state index in [-0.39, 0.29) is 0 Å². The first-order valence-corrected chi connectivity index (χ1v) is 7.69. The number of rotatable bonds is 3. The molecule has 0 spiro atoms. The predicted molar refractivity (Wildman–Crippen MR) is 89.6 cm³/mol. The molecule has 0 aliphatic heterocycles. The maximum atomic E-state index is 5.94. The van der Waals surface area contributed by atoms with E-state index in [4.69, 9.17) is 15.5 Å². The van der Waals surface area contributed by atoms with E-state index in [0.29, 0.717) is 17.5 Å². The molecule has 2 atom stereocenters. The molecule has 4 rings (SSSR count). The number of benzene rings is 1. The van der Waals surface area contributed by atoms with Gasteiger partial charge in [0.15, 0.2) is 0 Å². The van der Waals surface area contributed by atoms with Crippen LogP contribution in [-0.2, 0) is 0 Å². The lowest BCUT2D eigenvalue weighted by molar-refractivity contribution is 0.420. The molecule has 0 radical (unpaired) electrons. The van der Waals surface area contributed by atoms with Crippen LogP contribution in [0.2, 0.25) is 0 Å². The number of aromatic nitrogens is 3. The number of anilines is 1. The van der Waals surface area contributed by atoms with Gasteiger partial charge in [-0.3, -0.25) is 4.98 Å². The lowest BCUT2D eigenvalue weighted by atomic mass is 10.1. The molecule has 5 heteroatoms. The van der Waals surface area contributed by atoms with Gasteiger partial charge >= 0.3 is 0 Å². The van der Waals surface area contributed by atoms with E-state index in [1.807, 2.05) is 31.3 Å². The lowest BCUT2D eigenvalue weighted by Gasteiger charge is -2.08. The predicted octanol–water partition coefficient (Wildman–Crippen LogP) is 3.20. The van der Waals surface area contributed by atoms with Crippen molar-refractivity contribution in [2.75, 3.05) is 12.8 Å². The van der Waals surface area contributed by atoms with E-state index in [2.05, 4.69) is 22.1 Å². The third-order valence-corrected chi connectivity index (χ3v) is 4.35. The molecule has 0 saturated heterocycles. The summed E-state index contributed by atoms with van der Waals surface area (Å²) in [5.74, 6) is 2.42. The summed E-state index contributed by atoms with van der Waals surface area (Å²) in [6.07, 6.45) is 2.87. The van der Waals surface area contributed by atoms with Crippen molar-refractivity contribution in [1.29, 1.82) is 0 Å². The fraction of sp³-hybridized carbons (Fsp3) is 0.278. The van der Waals surface area contributed by atoms with Crippen LogP contribution in [0.1, 0.15) is 35.5 Å². The number of nitrogens with two attached hydrogens (primary N) is 1. The summed E-state index contributed by atoms with van der Waals surface area (Å²) >= 11 is 0. The molecule has 1 aliphatic carbocycles. The van der Waals surface area contributed by atoms with Crippen molar-refractivity contribution in [2.45, 2.75) is 25.2 Å². The highest BCUT2D eigenvalue weighted by atomic mass is 16.5. The van der Waals surface area contributed by atoms with Gasteiger partial charge in [0.1, 0.15) is 11.6 Å². The summed E-state index contributed by atoms with van der Waals surface area (Å²) in [7, 11) is 1.65. The van der Waals surface area contributed by atoms with Crippen LogP contribution in [0.4, 0.5) is 5.69 Å². The van der Waals surface area contributed by atoms with Crippen LogP contribution in [0.5, 0.6) is 5.75 Å². The fourth-order valence-corrected chi connectivity index (χ4v) is 3.07. The number of nitrogen functional groups attached to an aromatic ring is 1. The third-order valence-electron chi connectivity index (χ3n) is 4.35. The Morgan fingerprint density at radius 2 is 2.00 bits per heavy atom. The molecular weight excluding hydrogens is 288 g/mol. The molecule has 0 unspecified atom stereocenters. The lowest BCUT2D eigenvalue weighted by Crippen LogP contribution is -1.97. The number of pyridine rings is 1. The average Bonchev–Trinajstić information content (AvgIpc) is 3.34. The summed E-state index contributed by atoms with van der Waals surface area (Å²) in [6.45, 7) is 1.99. The van der Waals surface area contributed by atoms with Gasteiger partial charge in [0.05, 0.1) is 12.6 Å². The van der Waals surface area contributed by atoms with Crippen molar-refractivity contribution < 1.29 is 4.74 Å². The van der Waals surface area contributed by atoms with Crippen molar-refractivity contribution in [3.8, 4) is 5.75 Å².